The Labute approximate surface area is 81.4 Å². The molecule has 1 aromatic heterocycles. The van der Waals surface area contributed by atoms with Crippen LogP contribution < -0.4 is 0 Å². The summed E-state index contributed by atoms with van der Waals surface area (Å²) in [5.41, 5.74) is 0.832. The smallest absolute Gasteiger partial charge is 0.303 e. The summed E-state index contributed by atoms with van der Waals surface area (Å²) < 4.78 is 0. The molecule has 1 N–H and O–H groups in total. The van der Waals surface area contributed by atoms with Crippen LogP contribution in [0.1, 0.15) is 24.8 Å². The molecule has 0 radical (unpaired) electrons. The number of carbonyl (C=O) groups is 1. The van der Waals surface area contributed by atoms with Crippen molar-refractivity contribution < 1.29 is 9.90 Å². The van der Waals surface area contributed by atoms with Gasteiger partial charge in [-0.15, -0.1) is 0 Å². The lowest BCUT2D eigenvalue weighted by Gasteiger charge is -2.09. The summed E-state index contributed by atoms with van der Waals surface area (Å²) >= 11 is 5.85. The summed E-state index contributed by atoms with van der Waals surface area (Å²) in [6, 6.07) is 1.75. The number of aliphatic carboxylic acids is 1. The van der Waals surface area contributed by atoms with Gasteiger partial charge in [-0.3, -0.25) is 9.78 Å². The lowest BCUT2D eigenvalue weighted by atomic mass is 9.99. The third kappa shape index (κ3) is 2.70. The molecule has 1 aromatic rings. The van der Waals surface area contributed by atoms with Gasteiger partial charge in [-0.05, 0) is 17.5 Å². The number of rotatable bonds is 3. The maximum Gasteiger partial charge on any atom is 0.303 e. The molecule has 70 valence electrons. The molecule has 1 unspecified atom stereocenters. The lowest BCUT2D eigenvalue weighted by molar-refractivity contribution is -0.137. The molecule has 0 saturated heterocycles. The van der Waals surface area contributed by atoms with Crippen molar-refractivity contribution in [1.82, 2.24) is 4.98 Å². The van der Waals surface area contributed by atoms with Crippen LogP contribution in [-0.4, -0.2) is 16.1 Å². The maximum absolute atomic E-state index is 10.4. The first-order chi connectivity index (χ1) is 6.11. The van der Waals surface area contributed by atoms with Crippen LogP contribution in [0.2, 0.25) is 5.02 Å². The molecule has 0 fully saturated rings. The number of aromatic nitrogens is 1. The Morgan fingerprint density at radius 3 is 3.00 bits per heavy atom. The largest absolute Gasteiger partial charge is 0.481 e. The van der Waals surface area contributed by atoms with Gasteiger partial charge in [0.1, 0.15) is 0 Å². The van der Waals surface area contributed by atoms with Crippen molar-refractivity contribution in [3.8, 4) is 0 Å². The van der Waals surface area contributed by atoms with Gasteiger partial charge >= 0.3 is 5.97 Å². The lowest BCUT2D eigenvalue weighted by Crippen LogP contribution is -2.03. The summed E-state index contributed by atoms with van der Waals surface area (Å²) in [4.78, 5) is 14.3. The standard InChI is InChI=1S/C9H10ClNO2/c1-6(4-9(12)13)7-2-3-11-5-8(7)10/h2-3,5-6H,4H2,1H3,(H,12,13). The minimum Gasteiger partial charge on any atom is -0.481 e. The van der Waals surface area contributed by atoms with Gasteiger partial charge in [0.2, 0.25) is 0 Å². The van der Waals surface area contributed by atoms with Crippen LogP contribution in [0.15, 0.2) is 18.5 Å². The third-order valence-corrected chi connectivity index (χ3v) is 2.13. The van der Waals surface area contributed by atoms with E-state index in [0.717, 1.165) is 5.56 Å². The molecule has 1 rings (SSSR count). The van der Waals surface area contributed by atoms with E-state index in [9.17, 15) is 4.79 Å². The normalized spacial score (nSPS) is 12.5. The van der Waals surface area contributed by atoms with Crippen molar-refractivity contribution in [2.24, 2.45) is 0 Å². The average molecular weight is 200 g/mol. The molecule has 13 heavy (non-hydrogen) atoms. The Morgan fingerprint density at radius 1 is 1.77 bits per heavy atom. The van der Waals surface area contributed by atoms with E-state index in [2.05, 4.69) is 4.98 Å². The Morgan fingerprint density at radius 2 is 2.46 bits per heavy atom. The zero-order valence-corrected chi connectivity index (χ0v) is 7.95. The minimum atomic E-state index is -0.819. The number of carboxylic acid groups (broad SMARTS) is 1. The van der Waals surface area contributed by atoms with Crippen LogP contribution >= 0.6 is 11.6 Å². The van der Waals surface area contributed by atoms with Crippen molar-refractivity contribution in [2.45, 2.75) is 19.3 Å². The molecular weight excluding hydrogens is 190 g/mol. The molecule has 0 amide bonds. The van der Waals surface area contributed by atoms with Crippen LogP contribution in [-0.2, 0) is 4.79 Å². The van der Waals surface area contributed by atoms with Crippen molar-refractivity contribution in [2.75, 3.05) is 0 Å². The van der Waals surface area contributed by atoms with Crippen LogP contribution in [0.25, 0.3) is 0 Å². The van der Waals surface area contributed by atoms with E-state index in [-0.39, 0.29) is 12.3 Å². The van der Waals surface area contributed by atoms with E-state index >= 15 is 0 Å². The first-order valence-electron chi connectivity index (χ1n) is 3.92. The fourth-order valence-corrected chi connectivity index (χ4v) is 1.46. The van der Waals surface area contributed by atoms with Crippen molar-refractivity contribution >= 4 is 17.6 Å². The number of hydrogen-bond donors (Lipinski definition) is 1. The average Bonchev–Trinajstić information content (AvgIpc) is 2.03. The second kappa shape index (κ2) is 4.23. The van der Waals surface area contributed by atoms with E-state index in [1.165, 1.54) is 6.20 Å². The fraction of sp³-hybridized carbons (Fsp3) is 0.333. The highest BCUT2D eigenvalue weighted by molar-refractivity contribution is 6.31. The first-order valence-corrected chi connectivity index (χ1v) is 4.30. The highest BCUT2D eigenvalue weighted by Crippen LogP contribution is 2.25. The molecule has 0 bridgehead atoms. The second-order valence-corrected chi connectivity index (χ2v) is 3.30. The van der Waals surface area contributed by atoms with Gasteiger partial charge in [0.15, 0.2) is 0 Å². The predicted molar refractivity (Wildman–Crippen MR) is 49.9 cm³/mol. The highest BCUT2D eigenvalue weighted by Gasteiger charge is 2.12. The molecule has 1 heterocycles. The van der Waals surface area contributed by atoms with E-state index < -0.39 is 5.97 Å². The molecule has 0 aliphatic rings. The second-order valence-electron chi connectivity index (χ2n) is 2.90. The van der Waals surface area contributed by atoms with Crippen LogP contribution in [0.3, 0.4) is 0 Å². The third-order valence-electron chi connectivity index (χ3n) is 1.82. The minimum absolute atomic E-state index is 0.0759. The van der Waals surface area contributed by atoms with E-state index in [1.807, 2.05) is 6.92 Å². The summed E-state index contributed by atoms with van der Waals surface area (Å²) in [5, 5.41) is 9.10. The molecule has 0 saturated carbocycles. The fourth-order valence-electron chi connectivity index (χ4n) is 1.16. The topological polar surface area (TPSA) is 50.2 Å². The predicted octanol–water partition coefficient (Wildman–Crippen LogP) is 2.31. The molecular formula is C9H10ClNO2. The summed E-state index contributed by atoms with van der Waals surface area (Å²) in [6.45, 7) is 1.83. The monoisotopic (exact) mass is 199 g/mol. The summed E-state index contributed by atoms with van der Waals surface area (Å²) in [6.07, 6.45) is 3.22. The Balaban J connectivity index is 2.82. The zero-order chi connectivity index (χ0) is 9.84. The molecule has 3 nitrogen and oxygen atoms in total. The number of hydrogen-bond acceptors (Lipinski definition) is 2. The van der Waals surface area contributed by atoms with Gasteiger partial charge < -0.3 is 5.11 Å². The molecule has 0 aliphatic carbocycles. The Kier molecular flexibility index (Phi) is 3.25. The maximum atomic E-state index is 10.4. The van der Waals surface area contributed by atoms with Gasteiger partial charge in [0, 0.05) is 12.4 Å². The van der Waals surface area contributed by atoms with Gasteiger partial charge in [-0.25, -0.2) is 0 Å². The zero-order valence-electron chi connectivity index (χ0n) is 7.20. The summed E-state index contributed by atoms with van der Waals surface area (Å²) in [5.74, 6) is -0.895. The SMILES string of the molecule is CC(CC(=O)O)c1ccncc1Cl. The molecule has 0 spiro atoms. The quantitative estimate of drug-likeness (QED) is 0.813. The van der Waals surface area contributed by atoms with E-state index in [4.69, 9.17) is 16.7 Å². The number of carboxylic acids is 1. The van der Waals surface area contributed by atoms with Crippen LogP contribution in [0.4, 0.5) is 0 Å². The number of halogens is 1. The van der Waals surface area contributed by atoms with Crippen LogP contribution in [0, 0.1) is 0 Å². The molecule has 0 aliphatic heterocycles. The van der Waals surface area contributed by atoms with Crippen LogP contribution in [0.5, 0.6) is 0 Å². The van der Waals surface area contributed by atoms with Gasteiger partial charge in [-0.1, -0.05) is 18.5 Å². The Hall–Kier alpha value is -1.09. The summed E-state index contributed by atoms with van der Waals surface area (Å²) in [7, 11) is 0. The first kappa shape index (κ1) is 9.99. The van der Waals surface area contributed by atoms with Crippen molar-refractivity contribution in [3.05, 3.63) is 29.0 Å². The number of nitrogens with zero attached hydrogens (tertiary/aromatic N) is 1. The highest BCUT2D eigenvalue weighted by atomic mass is 35.5. The van der Waals surface area contributed by atoms with Crippen molar-refractivity contribution in [1.29, 1.82) is 0 Å². The van der Waals surface area contributed by atoms with Gasteiger partial charge in [0.25, 0.3) is 0 Å². The Bertz CT molecular complexity index is 314. The number of pyridine rings is 1. The van der Waals surface area contributed by atoms with E-state index in [0.29, 0.717) is 5.02 Å². The van der Waals surface area contributed by atoms with Gasteiger partial charge in [-0.2, -0.15) is 0 Å². The van der Waals surface area contributed by atoms with Gasteiger partial charge in [0.05, 0.1) is 11.4 Å². The molecule has 4 heteroatoms. The van der Waals surface area contributed by atoms with E-state index in [1.54, 1.807) is 12.3 Å². The molecule has 0 aromatic carbocycles. The van der Waals surface area contributed by atoms with Crippen molar-refractivity contribution in [3.63, 3.8) is 0 Å². The molecule has 1 atom stereocenters.